The summed E-state index contributed by atoms with van der Waals surface area (Å²) in [6, 6.07) is 7.75. The highest BCUT2D eigenvalue weighted by Gasteiger charge is 2.35. The predicted molar refractivity (Wildman–Crippen MR) is 163 cm³/mol. The number of amides is 4. The smallest absolute Gasteiger partial charge is 0.274 e. The predicted octanol–water partition coefficient (Wildman–Crippen LogP) is 2.30. The van der Waals surface area contributed by atoms with Crippen molar-refractivity contribution in [1.82, 2.24) is 34.8 Å². The van der Waals surface area contributed by atoms with Crippen LogP contribution in [0.4, 0.5) is 0 Å². The number of nitrogens with one attached hydrogen (secondary N) is 2. The van der Waals surface area contributed by atoms with Crippen molar-refractivity contribution in [2.45, 2.75) is 58.4 Å². The fourth-order valence-corrected chi connectivity index (χ4v) is 6.24. The molecule has 1 aliphatic heterocycles. The number of likely N-dealkylation sites (N-methyl/N-ethyl adjacent to an activating group) is 1. The van der Waals surface area contributed by atoms with Gasteiger partial charge >= 0.3 is 0 Å². The van der Waals surface area contributed by atoms with Gasteiger partial charge in [-0.1, -0.05) is 32.0 Å². The third kappa shape index (κ3) is 6.76. The first-order chi connectivity index (χ1) is 20.6. The first-order valence-electron chi connectivity index (χ1n) is 15.3. The number of benzene rings is 1. The molecule has 0 saturated heterocycles. The van der Waals surface area contributed by atoms with E-state index in [1.165, 1.54) is 4.90 Å². The number of aryl methyl sites for hydroxylation is 1. The van der Waals surface area contributed by atoms with E-state index in [2.05, 4.69) is 29.2 Å². The minimum absolute atomic E-state index is 0.0296. The Hall–Kier alpha value is -4.15. The molecule has 0 saturated carbocycles. The molecule has 230 valence electrons. The second-order valence-electron chi connectivity index (χ2n) is 12.3. The zero-order valence-electron chi connectivity index (χ0n) is 25.7. The molecule has 0 spiro atoms. The molecule has 1 aliphatic carbocycles. The van der Waals surface area contributed by atoms with E-state index in [1.807, 2.05) is 42.4 Å². The van der Waals surface area contributed by atoms with E-state index in [0.29, 0.717) is 50.5 Å². The summed E-state index contributed by atoms with van der Waals surface area (Å²) in [5.74, 6) is -0.390. The molecule has 1 aromatic carbocycles. The topological polar surface area (TPSA) is 124 Å². The third-order valence-corrected chi connectivity index (χ3v) is 8.69. The Labute approximate surface area is 252 Å². The maximum atomic E-state index is 14.1. The zero-order chi connectivity index (χ0) is 30.7. The van der Waals surface area contributed by atoms with E-state index in [0.717, 1.165) is 40.6 Å². The molecule has 43 heavy (non-hydrogen) atoms. The van der Waals surface area contributed by atoms with Crippen molar-refractivity contribution >= 4 is 34.5 Å². The van der Waals surface area contributed by atoms with Gasteiger partial charge in [-0.2, -0.15) is 5.10 Å². The average Bonchev–Trinajstić information content (AvgIpc) is 3.53. The lowest BCUT2D eigenvalue weighted by atomic mass is 9.89. The van der Waals surface area contributed by atoms with Crippen LogP contribution in [0, 0.1) is 5.92 Å². The lowest BCUT2D eigenvalue weighted by Crippen LogP contribution is -2.50. The highest BCUT2D eigenvalue weighted by molar-refractivity contribution is 5.96. The van der Waals surface area contributed by atoms with E-state index >= 15 is 0 Å². The normalized spacial score (nSPS) is 19.0. The van der Waals surface area contributed by atoms with E-state index in [9.17, 15) is 19.2 Å². The summed E-state index contributed by atoms with van der Waals surface area (Å²) in [6.45, 7) is 5.40. The maximum Gasteiger partial charge on any atom is 0.274 e. The van der Waals surface area contributed by atoms with E-state index in [4.69, 9.17) is 0 Å². The van der Waals surface area contributed by atoms with Gasteiger partial charge in [-0.15, -0.1) is 0 Å². The van der Waals surface area contributed by atoms with Gasteiger partial charge in [-0.25, -0.2) is 0 Å². The Morgan fingerprint density at radius 2 is 1.91 bits per heavy atom. The second-order valence-corrected chi connectivity index (χ2v) is 12.3. The summed E-state index contributed by atoms with van der Waals surface area (Å²) >= 11 is 0. The van der Waals surface area contributed by atoms with Gasteiger partial charge in [0.05, 0.1) is 19.5 Å². The molecule has 4 amide bonds. The maximum absolute atomic E-state index is 14.1. The molecule has 2 aliphatic rings. The number of hydrogen-bond acceptors (Lipinski definition) is 5. The van der Waals surface area contributed by atoms with Gasteiger partial charge in [0.1, 0.15) is 0 Å². The number of rotatable bonds is 5. The summed E-state index contributed by atoms with van der Waals surface area (Å²) in [5.41, 5.74) is 4.04. The highest BCUT2D eigenvalue weighted by Crippen LogP contribution is 2.29. The number of hydrogen-bond donors (Lipinski definition) is 2. The highest BCUT2D eigenvalue weighted by atomic mass is 16.2. The van der Waals surface area contributed by atoms with Gasteiger partial charge in [0.2, 0.25) is 17.7 Å². The van der Waals surface area contributed by atoms with E-state index < -0.39 is 0 Å². The number of aromatic amines is 1. The molecule has 11 heteroatoms. The van der Waals surface area contributed by atoms with Crippen LogP contribution in [-0.2, 0) is 40.7 Å². The molecule has 2 N–H and O–H groups in total. The molecule has 11 nitrogen and oxygen atoms in total. The molecule has 0 radical (unpaired) electrons. The number of carbonyl (C=O) groups excluding carboxylic acids is 4. The number of aromatic nitrogens is 3. The molecule has 3 aromatic rings. The average molecular weight is 590 g/mol. The Bertz CT molecular complexity index is 1510. The summed E-state index contributed by atoms with van der Waals surface area (Å²) in [6.07, 6.45) is 5.32. The molecule has 1 atom stereocenters. The molecule has 2 aromatic heterocycles. The zero-order valence-corrected chi connectivity index (χ0v) is 25.7. The lowest BCUT2D eigenvalue weighted by Gasteiger charge is -2.36. The Morgan fingerprint density at radius 1 is 1.12 bits per heavy atom. The van der Waals surface area contributed by atoms with Crippen molar-refractivity contribution < 1.29 is 19.2 Å². The number of H-pyrrole nitrogens is 1. The second kappa shape index (κ2) is 13.0. The van der Waals surface area contributed by atoms with Crippen molar-refractivity contribution in [3.8, 4) is 0 Å². The Morgan fingerprint density at radius 3 is 2.70 bits per heavy atom. The first-order valence-corrected chi connectivity index (χ1v) is 15.3. The standard InChI is InChI=1S/C32H43N7O4/c1-21(2)12-15-39-23-10-11-27-25(17-23)31(35-37(27)4)32(43)36(3)19-28(40)33-13-7-14-38(20-30(39)42)29(41)16-22-18-34-26-9-6-5-8-24(22)26/h5-6,8-9,18,21,23,34H,7,10-17,19-20H2,1-4H3,(H,33,40). The van der Waals surface area contributed by atoms with E-state index in [1.54, 1.807) is 16.6 Å². The quantitative estimate of drug-likeness (QED) is 0.473. The minimum atomic E-state index is -0.297. The van der Waals surface area contributed by atoms with Gasteiger partial charge in [-0.3, -0.25) is 23.9 Å². The molecule has 3 heterocycles. The number of nitrogens with zero attached hydrogens (tertiary/aromatic N) is 5. The SMILES string of the molecule is CC(C)CCN1C(=O)CN(C(=O)Cc2c[nH]c3ccccc23)CCCNC(=O)CN(C)C(=O)c2nn(C)c3c2CC1CC3. The number of carbonyl (C=O) groups is 4. The van der Waals surface area contributed by atoms with Crippen LogP contribution in [0.3, 0.4) is 0 Å². The van der Waals surface area contributed by atoms with Crippen molar-refractivity contribution in [3.05, 3.63) is 53.0 Å². The first kappa shape index (κ1) is 30.3. The Kier molecular flexibility index (Phi) is 9.17. The molecule has 5 rings (SSSR count). The van der Waals surface area contributed by atoms with Gasteiger partial charge in [0.15, 0.2) is 5.69 Å². The van der Waals surface area contributed by atoms with Crippen LogP contribution in [0.1, 0.15) is 60.4 Å². The lowest BCUT2D eigenvalue weighted by molar-refractivity contribution is -0.142. The summed E-state index contributed by atoms with van der Waals surface area (Å²) in [5, 5.41) is 8.41. The fourth-order valence-electron chi connectivity index (χ4n) is 6.24. The van der Waals surface area contributed by atoms with E-state index in [-0.39, 0.29) is 49.2 Å². The van der Waals surface area contributed by atoms with Gasteiger partial charge in [-0.05, 0) is 49.7 Å². The monoisotopic (exact) mass is 589 g/mol. The molecule has 0 fully saturated rings. The molecule has 2 bridgehead atoms. The summed E-state index contributed by atoms with van der Waals surface area (Å²) < 4.78 is 1.76. The van der Waals surface area contributed by atoms with Crippen LogP contribution in [0.2, 0.25) is 0 Å². The Balaban J connectivity index is 1.44. The molecule has 1 unspecified atom stereocenters. The summed E-state index contributed by atoms with van der Waals surface area (Å²) in [7, 11) is 3.44. The largest absolute Gasteiger partial charge is 0.361 e. The fraction of sp³-hybridized carbons (Fsp3) is 0.531. The van der Waals surface area contributed by atoms with Crippen LogP contribution in [0.15, 0.2) is 30.5 Å². The molecular formula is C32H43N7O4. The van der Waals surface area contributed by atoms with Crippen molar-refractivity contribution in [1.29, 1.82) is 0 Å². The number of para-hydroxylation sites is 1. The minimum Gasteiger partial charge on any atom is -0.361 e. The van der Waals surface area contributed by atoms with Crippen LogP contribution < -0.4 is 5.32 Å². The molecular weight excluding hydrogens is 546 g/mol. The summed E-state index contributed by atoms with van der Waals surface area (Å²) in [4.78, 5) is 62.1. The van der Waals surface area contributed by atoms with Crippen LogP contribution in [0.5, 0.6) is 0 Å². The van der Waals surface area contributed by atoms with Crippen LogP contribution in [0.25, 0.3) is 10.9 Å². The van der Waals surface area contributed by atoms with Gasteiger partial charge < -0.3 is 25.0 Å². The third-order valence-electron chi connectivity index (χ3n) is 8.69. The van der Waals surface area contributed by atoms with Crippen LogP contribution >= 0.6 is 0 Å². The van der Waals surface area contributed by atoms with Crippen molar-refractivity contribution in [2.75, 3.05) is 39.8 Å². The number of fused-ring (bicyclic) bond motifs is 2. The van der Waals surface area contributed by atoms with Gasteiger partial charge in [0, 0.05) is 68.1 Å². The van der Waals surface area contributed by atoms with Crippen molar-refractivity contribution in [3.63, 3.8) is 0 Å². The van der Waals surface area contributed by atoms with Crippen molar-refractivity contribution in [2.24, 2.45) is 13.0 Å². The van der Waals surface area contributed by atoms with Crippen LogP contribution in [-0.4, -0.2) is 98.9 Å². The van der Waals surface area contributed by atoms with Gasteiger partial charge in [0.25, 0.3) is 5.91 Å².